The van der Waals surface area contributed by atoms with Crippen LogP contribution in [0.15, 0.2) is 24.3 Å². The molecule has 2 atom stereocenters. The third-order valence-electron chi connectivity index (χ3n) is 2.85. The summed E-state index contributed by atoms with van der Waals surface area (Å²) >= 11 is 3.64. The zero-order valence-electron chi connectivity index (χ0n) is 9.03. The van der Waals surface area contributed by atoms with E-state index in [0.29, 0.717) is 16.5 Å². The van der Waals surface area contributed by atoms with Crippen LogP contribution < -0.4 is 4.74 Å². The van der Waals surface area contributed by atoms with Crippen LogP contribution in [0.3, 0.4) is 0 Å². The zero-order chi connectivity index (χ0) is 11.4. The smallest absolute Gasteiger partial charge is 0.119 e. The van der Waals surface area contributed by atoms with E-state index in [0.717, 1.165) is 18.6 Å². The van der Waals surface area contributed by atoms with Gasteiger partial charge in [-0.3, -0.25) is 0 Å². The molecule has 84 valence electrons. The summed E-state index contributed by atoms with van der Waals surface area (Å²) in [5.41, 5.74) is 0.675. The molecular formula is C13H14BrNO. The predicted molar refractivity (Wildman–Crippen MR) is 66.8 cm³/mol. The maximum absolute atomic E-state index is 8.69. The van der Waals surface area contributed by atoms with Gasteiger partial charge in [-0.15, -0.1) is 0 Å². The van der Waals surface area contributed by atoms with Crippen molar-refractivity contribution in [3.8, 4) is 11.8 Å². The van der Waals surface area contributed by atoms with Gasteiger partial charge in [0.05, 0.1) is 17.7 Å². The summed E-state index contributed by atoms with van der Waals surface area (Å²) in [5, 5.41) is 8.69. The monoisotopic (exact) mass is 279 g/mol. The van der Waals surface area contributed by atoms with Gasteiger partial charge in [-0.25, -0.2) is 0 Å². The van der Waals surface area contributed by atoms with Crippen molar-refractivity contribution in [3.63, 3.8) is 0 Å². The molecule has 0 radical (unpaired) electrons. The van der Waals surface area contributed by atoms with E-state index >= 15 is 0 Å². The fourth-order valence-corrected chi connectivity index (χ4v) is 2.74. The number of halogens is 1. The van der Waals surface area contributed by atoms with Crippen molar-refractivity contribution in [2.45, 2.75) is 36.6 Å². The first-order valence-electron chi connectivity index (χ1n) is 5.59. The van der Waals surface area contributed by atoms with Gasteiger partial charge in [0.15, 0.2) is 0 Å². The van der Waals surface area contributed by atoms with Gasteiger partial charge in [0.2, 0.25) is 0 Å². The number of benzene rings is 1. The second-order valence-electron chi connectivity index (χ2n) is 4.14. The normalized spacial score (nSPS) is 24.8. The number of nitrogens with zero attached hydrogens (tertiary/aromatic N) is 1. The van der Waals surface area contributed by atoms with Crippen LogP contribution in [0.25, 0.3) is 0 Å². The van der Waals surface area contributed by atoms with E-state index in [1.165, 1.54) is 12.8 Å². The summed E-state index contributed by atoms with van der Waals surface area (Å²) in [6.45, 7) is 0. The number of ether oxygens (including phenoxy) is 1. The van der Waals surface area contributed by atoms with Crippen molar-refractivity contribution in [2.24, 2.45) is 0 Å². The van der Waals surface area contributed by atoms with Gasteiger partial charge in [-0.2, -0.15) is 5.26 Å². The first kappa shape index (κ1) is 11.5. The number of hydrogen-bond donors (Lipinski definition) is 0. The molecule has 16 heavy (non-hydrogen) atoms. The Labute approximate surface area is 104 Å². The lowest BCUT2D eigenvalue weighted by atomic mass is 9.97. The first-order valence-corrected chi connectivity index (χ1v) is 6.50. The fourth-order valence-electron chi connectivity index (χ4n) is 2.00. The molecule has 2 nitrogen and oxygen atoms in total. The molecule has 1 aromatic rings. The van der Waals surface area contributed by atoms with E-state index in [-0.39, 0.29) is 0 Å². The van der Waals surface area contributed by atoms with Gasteiger partial charge in [0.1, 0.15) is 5.75 Å². The van der Waals surface area contributed by atoms with Crippen LogP contribution in [-0.4, -0.2) is 10.9 Å². The molecule has 0 heterocycles. The Kier molecular flexibility index (Phi) is 3.84. The number of alkyl halides is 1. The average molecular weight is 280 g/mol. The molecule has 1 aliphatic rings. The lowest BCUT2D eigenvalue weighted by Crippen LogP contribution is -2.25. The van der Waals surface area contributed by atoms with Crippen LogP contribution in [0.1, 0.15) is 31.2 Å². The largest absolute Gasteiger partial charge is 0.490 e. The summed E-state index contributed by atoms with van der Waals surface area (Å²) in [6, 6.07) is 9.44. The maximum atomic E-state index is 8.69. The van der Waals surface area contributed by atoms with Gasteiger partial charge in [-0.1, -0.05) is 15.9 Å². The molecule has 0 spiro atoms. The number of rotatable bonds is 2. The molecule has 0 saturated heterocycles. The molecule has 1 aliphatic carbocycles. The van der Waals surface area contributed by atoms with Crippen LogP contribution in [-0.2, 0) is 0 Å². The Hall–Kier alpha value is -1.01. The summed E-state index contributed by atoms with van der Waals surface area (Å²) in [4.78, 5) is 0.588. The molecule has 1 saturated carbocycles. The molecule has 2 rings (SSSR count). The predicted octanol–water partition coefficient (Wildman–Crippen LogP) is 3.64. The van der Waals surface area contributed by atoms with E-state index in [9.17, 15) is 0 Å². The molecule has 0 amide bonds. The summed E-state index contributed by atoms with van der Waals surface area (Å²) in [7, 11) is 0. The van der Waals surface area contributed by atoms with Crippen LogP contribution in [0.2, 0.25) is 0 Å². The number of nitriles is 1. The quantitative estimate of drug-likeness (QED) is 0.775. The van der Waals surface area contributed by atoms with E-state index < -0.39 is 0 Å². The highest BCUT2D eigenvalue weighted by molar-refractivity contribution is 9.09. The highest BCUT2D eigenvalue weighted by Crippen LogP contribution is 2.27. The van der Waals surface area contributed by atoms with Crippen molar-refractivity contribution in [1.82, 2.24) is 0 Å². The Bertz CT molecular complexity index is 382. The van der Waals surface area contributed by atoms with Crippen LogP contribution in [0.4, 0.5) is 0 Å². The van der Waals surface area contributed by atoms with Gasteiger partial charge in [-0.05, 0) is 49.9 Å². The van der Waals surface area contributed by atoms with E-state index in [1.54, 1.807) is 12.1 Å². The molecular weight excluding hydrogens is 266 g/mol. The van der Waals surface area contributed by atoms with Gasteiger partial charge in [0.25, 0.3) is 0 Å². The Morgan fingerprint density at radius 3 is 2.62 bits per heavy atom. The molecule has 3 heteroatoms. The van der Waals surface area contributed by atoms with Gasteiger partial charge in [0, 0.05) is 4.83 Å². The second-order valence-corrected chi connectivity index (χ2v) is 5.43. The topological polar surface area (TPSA) is 33.0 Å². The highest BCUT2D eigenvalue weighted by atomic mass is 79.9. The van der Waals surface area contributed by atoms with Gasteiger partial charge < -0.3 is 4.74 Å². The lowest BCUT2D eigenvalue weighted by molar-refractivity contribution is 0.159. The Morgan fingerprint density at radius 2 is 2.00 bits per heavy atom. The van der Waals surface area contributed by atoms with Crippen LogP contribution >= 0.6 is 15.9 Å². The molecule has 0 aromatic heterocycles. The van der Waals surface area contributed by atoms with Crippen molar-refractivity contribution in [2.75, 3.05) is 0 Å². The summed E-state index contributed by atoms with van der Waals surface area (Å²) in [6.07, 6.45) is 4.97. The molecule has 2 unspecified atom stereocenters. The molecule has 0 aliphatic heterocycles. The minimum atomic E-state index is 0.311. The van der Waals surface area contributed by atoms with Crippen LogP contribution in [0.5, 0.6) is 5.75 Å². The highest BCUT2D eigenvalue weighted by Gasteiger charge is 2.21. The first-order chi connectivity index (χ1) is 7.78. The minimum absolute atomic E-state index is 0.311. The zero-order valence-corrected chi connectivity index (χ0v) is 10.6. The average Bonchev–Trinajstić information content (AvgIpc) is 2.30. The van der Waals surface area contributed by atoms with Crippen molar-refractivity contribution in [1.29, 1.82) is 5.26 Å². The third kappa shape index (κ3) is 2.99. The van der Waals surface area contributed by atoms with E-state index in [4.69, 9.17) is 10.00 Å². The summed E-state index contributed by atoms with van der Waals surface area (Å²) < 4.78 is 5.89. The van der Waals surface area contributed by atoms with Crippen molar-refractivity contribution >= 4 is 15.9 Å². The lowest BCUT2D eigenvalue weighted by Gasteiger charge is -2.26. The van der Waals surface area contributed by atoms with Crippen molar-refractivity contribution in [3.05, 3.63) is 29.8 Å². The summed E-state index contributed by atoms with van der Waals surface area (Å²) in [5.74, 6) is 0.866. The fraction of sp³-hybridized carbons (Fsp3) is 0.462. The second kappa shape index (κ2) is 5.36. The Balaban J connectivity index is 1.95. The standard InChI is InChI=1S/C13H14BrNO/c14-11-2-1-3-13(8-11)16-12-6-4-10(9-15)5-7-12/h4-7,11,13H,1-3,8H2. The Morgan fingerprint density at radius 1 is 1.25 bits per heavy atom. The maximum Gasteiger partial charge on any atom is 0.119 e. The number of hydrogen-bond acceptors (Lipinski definition) is 2. The minimum Gasteiger partial charge on any atom is -0.490 e. The molecule has 1 fully saturated rings. The van der Waals surface area contributed by atoms with E-state index in [2.05, 4.69) is 22.0 Å². The SMILES string of the molecule is N#Cc1ccc(OC2CCCC(Br)C2)cc1. The van der Waals surface area contributed by atoms with Crippen LogP contribution in [0, 0.1) is 11.3 Å². The molecule has 0 bridgehead atoms. The van der Waals surface area contributed by atoms with E-state index in [1.807, 2.05) is 12.1 Å². The van der Waals surface area contributed by atoms with Gasteiger partial charge >= 0.3 is 0 Å². The third-order valence-corrected chi connectivity index (χ3v) is 3.68. The van der Waals surface area contributed by atoms with Crippen molar-refractivity contribution < 1.29 is 4.74 Å². The molecule has 0 N–H and O–H groups in total. The molecule has 1 aromatic carbocycles.